The summed E-state index contributed by atoms with van der Waals surface area (Å²) in [6.45, 7) is 2.03. The van der Waals surface area contributed by atoms with Gasteiger partial charge in [-0.2, -0.15) is 0 Å². The van der Waals surface area contributed by atoms with Gasteiger partial charge in [0, 0.05) is 0 Å². The van der Waals surface area contributed by atoms with Gasteiger partial charge in [-0.1, -0.05) is 35.5 Å². The molecular weight excluding hydrogens is 272 g/mol. The highest BCUT2D eigenvalue weighted by molar-refractivity contribution is 7.08. The van der Waals surface area contributed by atoms with Gasteiger partial charge >= 0.3 is 0 Å². The van der Waals surface area contributed by atoms with Crippen LogP contribution in [0, 0.1) is 0 Å². The molecule has 0 aromatic carbocycles. The van der Waals surface area contributed by atoms with Crippen LogP contribution in [-0.4, -0.2) is 20.5 Å². The Balaban J connectivity index is 2.14. The van der Waals surface area contributed by atoms with Crippen molar-refractivity contribution in [3.63, 3.8) is 0 Å². The summed E-state index contributed by atoms with van der Waals surface area (Å²) in [5.41, 5.74) is 0.724. The predicted molar refractivity (Wildman–Crippen MR) is 71.1 cm³/mol. The third-order valence-corrected chi connectivity index (χ3v) is 3.18. The highest BCUT2D eigenvalue weighted by Crippen LogP contribution is 2.15. The maximum Gasteiger partial charge on any atom is 0.270 e. The lowest BCUT2D eigenvalue weighted by Crippen LogP contribution is -2.13. The van der Waals surface area contributed by atoms with Gasteiger partial charge in [0.25, 0.3) is 5.91 Å². The number of nitrogens with zero attached hydrogens (tertiary/aromatic N) is 3. The van der Waals surface area contributed by atoms with Gasteiger partial charge in [0.15, 0.2) is 0 Å². The number of hydrogen-bond acceptors (Lipinski definition) is 5. The Morgan fingerprint density at radius 3 is 3.06 bits per heavy atom. The topological polar surface area (TPSA) is 67.8 Å². The van der Waals surface area contributed by atoms with E-state index < -0.39 is 0 Å². The lowest BCUT2D eigenvalue weighted by Gasteiger charge is -2.03. The number of nitrogens with one attached hydrogen (secondary N) is 1. The Morgan fingerprint density at radius 1 is 1.50 bits per heavy atom. The molecule has 0 aliphatic carbocycles. The summed E-state index contributed by atoms with van der Waals surface area (Å²) >= 11 is 6.84. The number of carbonyl (C=O) groups is 1. The molecule has 0 radical (unpaired) electrons. The Kier molecular flexibility index (Phi) is 4.22. The molecule has 5 nitrogen and oxygen atoms in total. The van der Waals surface area contributed by atoms with Crippen LogP contribution >= 0.6 is 23.1 Å². The predicted octanol–water partition coefficient (Wildman–Crippen LogP) is 2.79. The molecule has 2 rings (SSSR count). The van der Waals surface area contributed by atoms with E-state index in [1.165, 1.54) is 0 Å². The van der Waals surface area contributed by atoms with Crippen LogP contribution in [0.3, 0.4) is 0 Å². The maximum absolute atomic E-state index is 12.0. The van der Waals surface area contributed by atoms with E-state index in [1.54, 1.807) is 18.2 Å². The zero-order chi connectivity index (χ0) is 13.0. The van der Waals surface area contributed by atoms with Crippen molar-refractivity contribution in [2.45, 2.75) is 19.8 Å². The SMILES string of the molecule is CCCc1nnsc1C(=O)Nc1cccc(Cl)n1. The van der Waals surface area contributed by atoms with Crippen molar-refractivity contribution in [1.29, 1.82) is 0 Å². The highest BCUT2D eigenvalue weighted by Gasteiger charge is 2.16. The highest BCUT2D eigenvalue weighted by atomic mass is 35.5. The number of aryl methyl sites for hydroxylation is 1. The average molecular weight is 283 g/mol. The third-order valence-electron chi connectivity index (χ3n) is 2.21. The normalized spacial score (nSPS) is 10.3. The first kappa shape index (κ1) is 12.9. The summed E-state index contributed by atoms with van der Waals surface area (Å²) in [5.74, 6) is 0.173. The molecule has 0 atom stereocenters. The van der Waals surface area contributed by atoms with Crippen molar-refractivity contribution in [3.8, 4) is 0 Å². The Labute approximate surface area is 113 Å². The lowest BCUT2D eigenvalue weighted by molar-refractivity contribution is 0.102. The van der Waals surface area contributed by atoms with E-state index in [2.05, 4.69) is 19.9 Å². The molecule has 1 amide bonds. The first-order valence-electron chi connectivity index (χ1n) is 5.46. The van der Waals surface area contributed by atoms with Gasteiger partial charge < -0.3 is 5.32 Å². The van der Waals surface area contributed by atoms with E-state index in [0.717, 1.165) is 30.1 Å². The summed E-state index contributed by atoms with van der Waals surface area (Å²) in [4.78, 5) is 16.5. The Bertz CT molecular complexity index is 557. The zero-order valence-electron chi connectivity index (χ0n) is 9.68. The molecule has 0 aliphatic heterocycles. The van der Waals surface area contributed by atoms with Crippen LogP contribution < -0.4 is 5.32 Å². The molecule has 0 spiro atoms. The first-order chi connectivity index (χ1) is 8.70. The summed E-state index contributed by atoms with van der Waals surface area (Å²) in [5, 5.41) is 6.96. The van der Waals surface area contributed by atoms with Crippen LogP contribution in [0.1, 0.15) is 28.7 Å². The smallest absolute Gasteiger partial charge is 0.270 e. The Hall–Kier alpha value is -1.53. The molecule has 0 fully saturated rings. The molecule has 1 N–H and O–H groups in total. The van der Waals surface area contributed by atoms with E-state index in [-0.39, 0.29) is 5.91 Å². The fourth-order valence-electron chi connectivity index (χ4n) is 1.43. The van der Waals surface area contributed by atoms with Crippen LogP contribution in [-0.2, 0) is 6.42 Å². The maximum atomic E-state index is 12.0. The number of rotatable bonds is 4. The van der Waals surface area contributed by atoms with Crippen LogP contribution in [0.2, 0.25) is 5.15 Å². The quantitative estimate of drug-likeness (QED) is 0.876. The number of halogens is 1. The number of amides is 1. The second kappa shape index (κ2) is 5.88. The molecule has 0 aliphatic rings. The van der Waals surface area contributed by atoms with Crippen molar-refractivity contribution >= 4 is 34.9 Å². The number of hydrogen-bond donors (Lipinski definition) is 1. The van der Waals surface area contributed by atoms with Gasteiger partial charge in [-0.05, 0) is 30.1 Å². The van der Waals surface area contributed by atoms with Crippen molar-refractivity contribution < 1.29 is 4.79 Å². The molecule has 2 heterocycles. The summed E-state index contributed by atoms with van der Waals surface area (Å²) in [6, 6.07) is 5.05. The molecule has 7 heteroatoms. The third kappa shape index (κ3) is 3.02. The molecule has 0 saturated heterocycles. The zero-order valence-corrected chi connectivity index (χ0v) is 11.3. The second-order valence-electron chi connectivity index (χ2n) is 3.60. The first-order valence-corrected chi connectivity index (χ1v) is 6.61. The molecule has 0 bridgehead atoms. The van der Waals surface area contributed by atoms with E-state index in [1.807, 2.05) is 6.92 Å². The molecule has 94 valence electrons. The summed E-state index contributed by atoms with van der Waals surface area (Å²) in [7, 11) is 0. The van der Waals surface area contributed by atoms with Gasteiger partial charge in [-0.3, -0.25) is 4.79 Å². The van der Waals surface area contributed by atoms with Crippen molar-refractivity contribution in [2.75, 3.05) is 5.32 Å². The number of pyridine rings is 1. The number of carbonyl (C=O) groups excluding carboxylic acids is 1. The fraction of sp³-hybridized carbons (Fsp3) is 0.273. The minimum absolute atomic E-state index is 0.247. The van der Waals surface area contributed by atoms with Crippen LogP contribution in [0.25, 0.3) is 0 Å². The van der Waals surface area contributed by atoms with E-state index in [4.69, 9.17) is 11.6 Å². The van der Waals surface area contributed by atoms with Gasteiger partial charge in [0.05, 0.1) is 5.69 Å². The fourth-order valence-corrected chi connectivity index (χ4v) is 2.20. The van der Waals surface area contributed by atoms with Crippen molar-refractivity contribution in [3.05, 3.63) is 33.9 Å². The molecule has 0 unspecified atom stereocenters. The molecular formula is C11H11ClN4OS. The molecule has 0 saturated carbocycles. The van der Waals surface area contributed by atoms with Gasteiger partial charge in [0.2, 0.25) is 0 Å². The minimum Gasteiger partial charge on any atom is -0.306 e. The summed E-state index contributed by atoms with van der Waals surface area (Å²) in [6.07, 6.45) is 1.66. The van der Waals surface area contributed by atoms with E-state index in [0.29, 0.717) is 15.8 Å². The van der Waals surface area contributed by atoms with Gasteiger partial charge in [-0.25, -0.2) is 4.98 Å². The number of anilines is 1. The van der Waals surface area contributed by atoms with Crippen LogP contribution in [0.15, 0.2) is 18.2 Å². The summed E-state index contributed by atoms with van der Waals surface area (Å²) < 4.78 is 3.81. The standard InChI is InChI=1S/C11H11ClN4OS/c1-2-4-7-10(18-16-15-7)11(17)14-9-6-3-5-8(12)13-9/h3,5-6H,2,4H2,1H3,(H,13,14,17). The van der Waals surface area contributed by atoms with Crippen molar-refractivity contribution in [1.82, 2.24) is 14.6 Å². The largest absolute Gasteiger partial charge is 0.306 e. The Morgan fingerprint density at radius 2 is 2.33 bits per heavy atom. The molecule has 18 heavy (non-hydrogen) atoms. The lowest BCUT2D eigenvalue weighted by atomic mass is 10.2. The van der Waals surface area contributed by atoms with Gasteiger partial charge in [-0.15, -0.1) is 5.10 Å². The minimum atomic E-state index is -0.247. The van der Waals surface area contributed by atoms with Crippen LogP contribution in [0.4, 0.5) is 5.82 Å². The second-order valence-corrected chi connectivity index (χ2v) is 4.74. The average Bonchev–Trinajstić information content (AvgIpc) is 2.78. The molecule has 2 aromatic rings. The van der Waals surface area contributed by atoms with E-state index in [9.17, 15) is 4.79 Å². The van der Waals surface area contributed by atoms with E-state index >= 15 is 0 Å². The number of aromatic nitrogens is 3. The molecule has 2 aromatic heterocycles. The van der Waals surface area contributed by atoms with Gasteiger partial charge in [0.1, 0.15) is 15.8 Å². The van der Waals surface area contributed by atoms with Crippen molar-refractivity contribution in [2.24, 2.45) is 0 Å². The monoisotopic (exact) mass is 282 g/mol. The van der Waals surface area contributed by atoms with Crippen LogP contribution in [0.5, 0.6) is 0 Å².